The number of aryl methyl sites for hydroxylation is 2. The quantitative estimate of drug-likeness (QED) is 0.207. The fraction of sp³-hybridized carbons (Fsp3) is 0.132. The average molecular weight is 562 g/mol. The minimum atomic E-state index is -1.15. The molecule has 0 fully saturated rings. The number of aromatic nitrogens is 3. The van der Waals surface area contributed by atoms with Crippen LogP contribution in [0.3, 0.4) is 0 Å². The molecule has 43 heavy (non-hydrogen) atoms. The molecule has 0 aliphatic carbocycles. The second kappa shape index (κ2) is 9.36. The van der Waals surface area contributed by atoms with E-state index >= 15 is 0 Å². The molecule has 2 N–H and O–H groups in total. The van der Waals surface area contributed by atoms with Crippen molar-refractivity contribution < 1.29 is 9.53 Å². The normalized spacial score (nSPS) is 16.8. The summed E-state index contributed by atoms with van der Waals surface area (Å²) in [6.45, 7) is 6.96. The molecule has 5 heteroatoms. The van der Waals surface area contributed by atoms with Gasteiger partial charge in [-0.05, 0) is 50.6 Å². The topological polar surface area (TPSA) is 62.8 Å². The molecule has 1 aliphatic heterocycles. The monoisotopic (exact) mass is 561 g/mol. The number of nitrogens with zero attached hydrogens (tertiary/aromatic N) is 1. The van der Waals surface area contributed by atoms with Crippen molar-refractivity contribution in [1.82, 2.24) is 14.5 Å². The van der Waals surface area contributed by atoms with Crippen molar-refractivity contribution in [2.45, 2.75) is 32.9 Å². The number of rotatable bonds is 5. The number of ether oxygens (including phenoxy) is 1. The third-order valence-corrected chi connectivity index (χ3v) is 9.03. The lowest BCUT2D eigenvalue weighted by atomic mass is 9.81. The number of fused-ring (bicyclic) bond motifs is 3. The summed E-state index contributed by atoms with van der Waals surface area (Å²) in [5.74, 6) is -0.322. The SMILES string of the molecule is Cc1[nH]c2ccccc2c1C1=CC(c2c(C)[nH]c3ccccc23)(c2c(C)n(Cc3ccccc3)c3ccccc23)OC1=O. The van der Waals surface area contributed by atoms with Crippen LogP contribution in [0.2, 0.25) is 0 Å². The lowest BCUT2D eigenvalue weighted by Gasteiger charge is -2.29. The number of nitrogens with one attached hydrogen (secondary N) is 2. The maximum Gasteiger partial charge on any atom is 0.340 e. The van der Waals surface area contributed by atoms with E-state index in [2.05, 4.69) is 101 Å². The summed E-state index contributed by atoms with van der Waals surface area (Å²) in [6.07, 6.45) is 2.09. The zero-order chi connectivity index (χ0) is 29.3. The Morgan fingerprint density at radius 1 is 0.674 bits per heavy atom. The van der Waals surface area contributed by atoms with Crippen LogP contribution in [0.1, 0.15) is 39.3 Å². The molecule has 0 saturated carbocycles. The van der Waals surface area contributed by atoms with E-state index in [0.717, 1.165) is 66.5 Å². The number of aromatic amines is 2. The molecule has 0 bridgehead atoms. The zero-order valence-electron chi connectivity index (χ0n) is 24.4. The summed E-state index contributed by atoms with van der Waals surface area (Å²) in [5, 5.41) is 3.12. The maximum absolute atomic E-state index is 14.2. The maximum atomic E-state index is 14.2. The summed E-state index contributed by atoms with van der Waals surface area (Å²) in [7, 11) is 0. The van der Waals surface area contributed by atoms with Crippen molar-refractivity contribution in [1.29, 1.82) is 0 Å². The second-order valence-electron chi connectivity index (χ2n) is 11.6. The van der Waals surface area contributed by atoms with Crippen LogP contribution in [0.25, 0.3) is 38.3 Å². The van der Waals surface area contributed by atoms with E-state index < -0.39 is 5.60 Å². The number of hydrogen-bond donors (Lipinski definition) is 2. The van der Waals surface area contributed by atoms with E-state index in [9.17, 15) is 4.79 Å². The van der Waals surface area contributed by atoms with Gasteiger partial charge in [0.2, 0.25) is 0 Å². The van der Waals surface area contributed by atoms with Crippen LogP contribution in [0, 0.1) is 20.8 Å². The van der Waals surface area contributed by atoms with E-state index in [4.69, 9.17) is 4.74 Å². The van der Waals surface area contributed by atoms with E-state index in [1.165, 1.54) is 5.56 Å². The molecular formula is C38H31N3O2. The Bertz CT molecular complexity index is 2250. The Hall–Kier alpha value is -5.29. The van der Waals surface area contributed by atoms with Crippen molar-refractivity contribution in [3.63, 3.8) is 0 Å². The molecule has 7 aromatic rings. The third-order valence-electron chi connectivity index (χ3n) is 9.03. The van der Waals surface area contributed by atoms with Gasteiger partial charge in [0, 0.05) is 73.0 Å². The molecule has 1 aliphatic rings. The number of esters is 1. The molecule has 1 atom stereocenters. The lowest BCUT2D eigenvalue weighted by molar-refractivity contribution is -0.142. The van der Waals surface area contributed by atoms with Gasteiger partial charge in [-0.15, -0.1) is 0 Å². The van der Waals surface area contributed by atoms with Crippen LogP contribution in [-0.2, 0) is 21.7 Å². The zero-order valence-corrected chi connectivity index (χ0v) is 24.4. The van der Waals surface area contributed by atoms with Crippen LogP contribution in [0.5, 0.6) is 0 Å². The molecule has 0 radical (unpaired) electrons. The first kappa shape index (κ1) is 25.4. The summed E-state index contributed by atoms with van der Waals surface area (Å²) >= 11 is 0. The van der Waals surface area contributed by atoms with E-state index in [-0.39, 0.29) is 5.97 Å². The molecule has 5 nitrogen and oxygen atoms in total. The van der Waals surface area contributed by atoms with Crippen LogP contribution >= 0.6 is 0 Å². The summed E-state index contributed by atoms with van der Waals surface area (Å²) in [5.41, 5.74) is 9.61. The van der Waals surface area contributed by atoms with Gasteiger partial charge in [0.15, 0.2) is 5.60 Å². The van der Waals surface area contributed by atoms with Gasteiger partial charge in [-0.3, -0.25) is 0 Å². The van der Waals surface area contributed by atoms with Gasteiger partial charge in [-0.1, -0.05) is 84.9 Å². The molecule has 1 unspecified atom stereocenters. The Balaban J connectivity index is 1.47. The van der Waals surface area contributed by atoms with Gasteiger partial charge in [0.05, 0.1) is 5.57 Å². The van der Waals surface area contributed by atoms with Crippen molar-refractivity contribution in [3.8, 4) is 0 Å². The van der Waals surface area contributed by atoms with Crippen molar-refractivity contribution in [3.05, 3.63) is 149 Å². The highest BCUT2D eigenvalue weighted by molar-refractivity contribution is 6.23. The molecular weight excluding hydrogens is 530 g/mol. The number of carbonyl (C=O) groups is 1. The molecule has 0 spiro atoms. The first-order chi connectivity index (χ1) is 21.0. The number of hydrogen-bond acceptors (Lipinski definition) is 2. The number of benzene rings is 4. The Morgan fingerprint density at radius 3 is 2.05 bits per heavy atom. The Morgan fingerprint density at radius 2 is 1.28 bits per heavy atom. The molecule has 4 aromatic carbocycles. The van der Waals surface area contributed by atoms with E-state index in [1.54, 1.807) is 0 Å². The molecule has 8 rings (SSSR count). The second-order valence-corrected chi connectivity index (χ2v) is 11.6. The predicted molar refractivity (Wildman–Crippen MR) is 173 cm³/mol. The molecule has 3 aromatic heterocycles. The minimum absolute atomic E-state index is 0.322. The molecule has 0 saturated heterocycles. The molecule has 210 valence electrons. The van der Waals surface area contributed by atoms with Crippen molar-refractivity contribution in [2.75, 3.05) is 0 Å². The Labute approximate surface area is 249 Å². The summed E-state index contributed by atoms with van der Waals surface area (Å²) in [4.78, 5) is 21.3. The molecule has 0 amide bonds. The predicted octanol–water partition coefficient (Wildman–Crippen LogP) is 8.46. The van der Waals surface area contributed by atoms with Gasteiger partial charge in [0.25, 0.3) is 0 Å². The van der Waals surface area contributed by atoms with E-state index in [1.807, 2.05) is 43.3 Å². The summed E-state index contributed by atoms with van der Waals surface area (Å²) in [6, 6.07) is 35.4. The summed E-state index contributed by atoms with van der Waals surface area (Å²) < 4.78 is 9.13. The van der Waals surface area contributed by atoms with Crippen LogP contribution in [0.15, 0.2) is 109 Å². The van der Waals surface area contributed by atoms with Crippen LogP contribution < -0.4 is 0 Å². The fourth-order valence-electron chi connectivity index (χ4n) is 7.29. The number of cyclic esters (lactones) is 1. The number of H-pyrrole nitrogens is 2. The lowest BCUT2D eigenvalue weighted by Crippen LogP contribution is -2.29. The highest BCUT2D eigenvalue weighted by Crippen LogP contribution is 2.51. The number of para-hydroxylation sites is 3. The first-order valence-electron chi connectivity index (χ1n) is 14.7. The highest BCUT2D eigenvalue weighted by Gasteiger charge is 2.49. The van der Waals surface area contributed by atoms with Crippen molar-refractivity contribution in [2.24, 2.45) is 0 Å². The Kier molecular flexibility index (Phi) is 5.54. The van der Waals surface area contributed by atoms with Gasteiger partial charge < -0.3 is 19.3 Å². The van der Waals surface area contributed by atoms with E-state index in [0.29, 0.717) is 12.1 Å². The molecule has 4 heterocycles. The van der Waals surface area contributed by atoms with Gasteiger partial charge in [-0.25, -0.2) is 4.79 Å². The number of carbonyl (C=O) groups excluding carboxylic acids is 1. The van der Waals surface area contributed by atoms with Crippen molar-refractivity contribution >= 4 is 44.3 Å². The largest absolute Gasteiger partial charge is 0.441 e. The van der Waals surface area contributed by atoms with Gasteiger partial charge >= 0.3 is 5.97 Å². The average Bonchev–Trinajstić information content (AvgIpc) is 3.72. The standard InChI is InChI=1S/C38H31N3O2/c1-23-34(27-15-7-10-18-31(27)39-23)30-21-38(43-37(30)42,35-24(2)40-32-19-11-8-16-28(32)35)36-25(3)41(22-26-13-5-4-6-14-26)33-20-12-9-17-29(33)36/h4-21,39-40H,22H2,1-3H3. The fourth-order valence-corrected chi connectivity index (χ4v) is 7.29. The minimum Gasteiger partial charge on any atom is -0.441 e. The first-order valence-corrected chi connectivity index (χ1v) is 14.7. The van der Waals surface area contributed by atoms with Crippen LogP contribution in [-0.4, -0.2) is 20.5 Å². The van der Waals surface area contributed by atoms with Crippen LogP contribution in [0.4, 0.5) is 0 Å². The highest BCUT2D eigenvalue weighted by atomic mass is 16.6. The van der Waals surface area contributed by atoms with Gasteiger partial charge in [-0.2, -0.15) is 0 Å². The van der Waals surface area contributed by atoms with Gasteiger partial charge in [0.1, 0.15) is 0 Å². The third kappa shape index (κ3) is 3.67. The smallest absolute Gasteiger partial charge is 0.340 e.